The van der Waals surface area contributed by atoms with Gasteiger partial charge >= 0.3 is 0 Å². The smallest absolute Gasteiger partial charge is 0.224 e. The quantitative estimate of drug-likeness (QED) is 0.344. The first-order valence-corrected chi connectivity index (χ1v) is 11.4. The van der Waals surface area contributed by atoms with Crippen molar-refractivity contribution < 1.29 is 4.79 Å². The van der Waals surface area contributed by atoms with Crippen LogP contribution >= 0.6 is 0 Å². The zero-order valence-corrected chi connectivity index (χ0v) is 18.9. The van der Waals surface area contributed by atoms with Gasteiger partial charge in [-0.25, -0.2) is 0 Å². The molecular formula is C27H27N5O. The van der Waals surface area contributed by atoms with Crippen LogP contribution in [0.2, 0.25) is 0 Å². The lowest BCUT2D eigenvalue weighted by atomic mass is 10.0. The Balaban J connectivity index is 1.51. The summed E-state index contributed by atoms with van der Waals surface area (Å²) in [4.78, 5) is 20.2. The van der Waals surface area contributed by atoms with Gasteiger partial charge < -0.3 is 10.3 Å². The minimum absolute atomic E-state index is 0.0633. The van der Waals surface area contributed by atoms with Crippen LogP contribution in [0.3, 0.4) is 0 Å². The molecule has 0 spiro atoms. The predicted octanol–water partition coefficient (Wildman–Crippen LogP) is 6.03. The molecule has 0 atom stereocenters. The number of hydrogen-bond acceptors (Lipinski definition) is 3. The Morgan fingerprint density at radius 3 is 2.91 bits per heavy atom. The summed E-state index contributed by atoms with van der Waals surface area (Å²) in [5.41, 5.74) is 8.89. The summed E-state index contributed by atoms with van der Waals surface area (Å²) in [6, 6.07) is 12.3. The Morgan fingerprint density at radius 2 is 2.06 bits per heavy atom. The molecule has 4 aromatic rings. The molecule has 33 heavy (non-hydrogen) atoms. The number of rotatable bonds is 6. The number of aromatic nitrogens is 4. The highest BCUT2D eigenvalue weighted by Gasteiger charge is 2.14. The van der Waals surface area contributed by atoms with E-state index in [1.165, 1.54) is 5.57 Å². The molecule has 1 aliphatic carbocycles. The van der Waals surface area contributed by atoms with Crippen molar-refractivity contribution in [1.82, 2.24) is 25.5 Å². The van der Waals surface area contributed by atoms with Crippen molar-refractivity contribution in [2.24, 2.45) is 0 Å². The van der Waals surface area contributed by atoms with Crippen LogP contribution in [-0.2, 0) is 4.79 Å². The molecule has 3 heterocycles. The number of carbonyl (C=O) groups excluding carboxylic acids is 1. The zero-order chi connectivity index (χ0) is 22.8. The molecule has 0 saturated heterocycles. The van der Waals surface area contributed by atoms with Gasteiger partial charge in [0.2, 0.25) is 5.91 Å². The van der Waals surface area contributed by atoms with Crippen molar-refractivity contribution in [3.63, 3.8) is 0 Å². The van der Waals surface area contributed by atoms with E-state index in [1.807, 2.05) is 18.2 Å². The fourth-order valence-electron chi connectivity index (χ4n) is 4.18. The van der Waals surface area contributed by atoms with Gasteiger partial charge in [-0.05, 0) is 73.4 Å². The van der Waals surface area contributed by atoms with E-state index in [-0.39, 0.29) is 5.91 Å². The predicted molar refractivity (Wildman–Crippen MR) is 133 cm³/mol. The Labute approximate surface area is 192 Å². The molecule has 5 rings (SSSR count). The maximum atomic E-state index is 12.3. The maximum absolute atomic E-state index is 12.3. The fraction of sp³-hybridized carbons (Fsp3) is 0.222. The second-order valence-corrected chi connectivity index (χ2v) is 8.56. The van der Waals surface area contributed by atoms with Crippen molar-refractivity contribution in [1.29, 1.82) is 0 Å². The number of fused-ring (bicyclic) bond motifs is 2. The second kappa shape index (κ2) is 8.90. The summed E-state index contributed by atoms with van der Waals surface area (Å²) in [5.74, 6) is 0.0633. The van der Waals surface area contributed by atoms with Gasteiger partial charge in [0.15, 0.2) is 0 Å². The third-order valence-electron chi connectivity index (χ3n) is 5.94. The number of unbranched alkanes of at least 4 members (excludes halogenated alkanes) is 1. The number of H-pyrrole nitrogens is 2. The van der Waals surface area contributed by atoms with Gasteiger partial charge in [0, 0.05) is 23.7 Å². The number of nitrogens with one attached hydrogen (secondary N) is 3. The standard InChI is InChI=1S/C27H27N5O/c1-3-4-7-26(33)29-20-13-17(2)8-9-18(14-20)19-10-11-22-21(15-19)27(32-31-22)25-16-24-23(30-25)6-5-12-28-24/h5-6,9-16,30H,3-4,7-8H2,1-2H3,(H,29,33)(H,31,32). The molecular weight excluding hydrogens is 410 g/mol. The van der Waals surface area contributed by atoms with E-state index < -0.39 is 0 Å². The highest BCUT2D eigenvalue weighted by Crippen LogP contribution is 2.31. The van der Waals surface area contributed by atoms with E-state index in [0.717, 1.165) is 69.4 Å². The number of allylic oxidation sites excluding steroid dienone is 5. The number of nitrogens with zero attached hydrogens (tertiary/aromatic N) is 2. The summed E-state index contributed by atoms with van der Waals surface area (Å²) in [7, 11) is 0. The van der Waals surface area contributed by atoms with Gasteiger partial charge in [-0.3, -0.25) is 14.9 Å². The van der Waals surface area contributed by atoms with Crippen LogP contribution in [-0.4, -0.2) is 26.1 Å². The maximum Gasteiger partial charge on any atom is 0.224 e. The van der Waals surface area contributed by atoms with Crippen LogP contribution in [0.25, 0.3) is 38.9 Å². The van der Waals surface area contributed by atoms with Crippen molar-refractivity contribution in [2.45, 2.75) is 39.5 Å². The van der Waals surface area contributed by atoms with E-state index >= 15 is 0 Å². The monoisotopic (exact) mass is 437 g/mol. The molecule has 6 heteroatoms. The zero-order valence-electron chi connectivity index (χ0n) is 18.9. The topological polar surface area (TPSA) is 86.5 Å². The Hall–Kier alpha value is -3.93. The highest BCUT2D eigenvalue weighted by molar-refractivity contribution is 5.97. The van der Waals surface area contributed by atoms with Gasteiger partial charge in [0.1, 0.15) is 5.69 Å². The van der Waals surface area contributed by atoms with Crippen LogP contribution in [0, 0.1) is 0 Å². The first-order chi connectivity index (χ1) is 16.1. The number of hydrogen-bond donors (Lipinski definition) is 3. The number of aromatic amines is 2. The number of carbonyl (C=O) groups is 1. The van der Waals surface area contributed by atoms with Gasteiger partial charge in [0.25, 0.3) is 0 Å². The molecule has 1 amide bonds. The van der Waals surface area contributed by atoms with Gasteiger partial charge in [-0.2, -0.15) is 5.10 Å². The molecule has 6 nitrogen and oxygen atoms in total. The molecule has 3 aromatic heterocycles. The molecule has 0 aliphatic heterocycles. The highest BCUT2D eigenvalue weighted by atomic mass is 16.1. The van der Waals surface area contributed by atoms with Crippen LogP contribution in [0.5, 0.6) is 0 Å². The molecule has 1 aromatic carbocycles. The normalized spacial score (nSPS) is 14.1. The third kappa shape index (κ3) is 4.37. The summed E-state index contributed by atoms with van der Waals surface area (Å²) < 4.78 is 0. The van der Waals surface area contributed by atoms with Crippen LogP contribution in [0.4, 0.5) is 0 Å². The molecule has 0 radical (unpaired) electrons. The first kappa shape index (κ1) is 20.9. The van der Waals surface area contributed by atoms with Crippen LogP contribution in [0.1, 0.15) is 45.1 Å². The van der Waals surface area contributed by atoms with E-state index in [0.29, 0.717) is 6.42 Å². The Bertz CT molecular complexity index is 1400. The van der Waals surface area contributed by atoms with Crippen molar-refractivity contribution in [3.8, 4) is 11.4 Å². The van der Waals surface area contributed by atoms with E-state index in [4.69, 9.17) is 0 Å². The largest absolute Gasteiger partial charge is 0.352 e. The molecule has 0 unspecified atom stereocenters. The summed E-state index contributed by atoms with van der Waals surface area (Å²) in [6.45, 7) is 4.18. The molecule has 166 valence electrons. The van der Waals surface area contributed by atoms with Crippen molar-refractivity contribution in [2.75, 3.05) is 0 Å². The van der Waals surface area contributed by atoms with Crippen LogP contribution < -0.4 is 5.32 Å². The Kier molecular flexibility index (Phi) is 5.65. The average Bonchev–Trinajstić information content (AvgIpc) is 3.38. The summed E-state index contributed by atoms with van der Waals surface area (Å²) >= 11 is 0. The van der Waals surface area contributed by atoms with Crippen molar-refractivity contribution >= 4 is 33.4 Å². The number of benzene rings is 1. The van der Waals surface area contributed by atoms with Crippen LogP contribution in [0.15, 0.2) is 72.1 Å². The lowest BCUT2D eigenvalue weighted by Gasteiger charge is -2.08. The molecule has 1 aliphatic rings. The minimum atomic E-state index is 0.0633. The SMILES string of the molecule is CCCCC(=O)NC1=CC(c2ccc3[nH]nc(-c4cc5ncccc5[nH]4)c3c2)=CCC(C)=C1. The van der Waals surface area contributed by atoms with E-state index in [9.17, 15) is 4.79 Å². The van der Waals surface area contributed by atoms with Gasteiger partial charge in [0.05, 0.1) is 22.2 Å². The molecule has 0 bridgehead atoms. The second-order valence-electron chi connectivity index (χ2n) is 8.56. The number of pyridine rings is 1. The molecule has 0 saturated carbocycles. The average molecular weight is 438 g/mol. The summed E-state index contributed by atoms with van der Waals surface area (Å²) in [6.07, 6.45) is 11.4. The number of amides is 1. The Morgan fingerprint density at radius 1 is 1.15 bits per heavy atom. The lowest BCUT2D eigenvalue weighted by molar-refractivity contribution is -0.120. The molecule has 3 N–H and O–H groups in total. The minimum Gasteiger partial charge on any atom is -0.352 e. The van der Waals surface area contributed by atoms with Crippen molar-refractivity contribution in [3.05, 3.63) is 77.7 Å². The lowest BCUT2D eigenvalue weighted by Crippen LogP contribution is -2.21. The van der Waals surface area contributed by atoms with E-state index in [2.05, 4.69) is 75.8 Å². The van der Waals surface area contributed by atoms with Gasteiger partial charge in [-0.1, -0.05) is 31.1 Å². The first-order valence-electron chi connectivity index (χ1n) is 11.4. The fourth-order valence-corrected chi connectivity index (χ4v) is 4.18. The molecule has 0 fully saturated rings. The van der Waals surface area contributed by atoms with E-state index in [1.54, 1.807) is 6.20 Å². The van der Waals surface area contributed by atoms with Gasteiger partial charge in [-0.15, -0.1) is 0 Å². The third-order valence-corrected chi connectivity index (χ3v) is 5.94. The summed E-state index contributed by atoms with van der Waals surface area (Å²) in [5, 5.41) is 11.8.